The zero-order chi connectivity index (χ0) is 17.1. The third kappa shape index (κ3) is 3.56. The molecule has 0 saturated carbocycles. The molecular weight excluding hydrogens is 308 g/mol. The maximum Gasteiger partial charge on any atom is 0.324 e. The Morgan fingerprint density at radius 1 is 1.29 bits per heavy atom. The minimum absolute atomic E-state index is 0.0494. The summed E-state index contributed by atoms with van der Waals surface area (Å²) >= 11 is 0. The Bertz CT molecular complexity index is 628. The van der Waals surface area contributed by atoms with Gasteiger partial charge in [-0.3, -0.25) is 14.5 Å². The first-order chi connectivity index (χ1) is 11.5. The molecule has 0 aliphatic carbocycles. The first-order valence-electron chi connectivity index (χ1n) is 8.23. The van der Waals surface area contributed by atoms with E-state index in [1.807, 2.05) is 0 Å². The molecule has 1 aromatic rings. The first kappa shape index (κ1) is 16.4. The topological polar surface area (TPSA) is 90.5 Å². The number of rotatable bonds is 4. The van der Waals surface area contributed by atoms with Gasteiger partial charge in [-0.25, -0.2) is 4.79 Å². The molecule has 3 N–H and O–H groups in total. The van der Waals surface area contributed by atoms with E-state index in [0.717, 1.165) is 25.1 Å². The molecule has 2 aliphatic rings. The van der Waals surface area contributed by atoms with E-state index >= 15 is 0 Å². The minimum atomic E-state index is -0.373. The van der Waals surface area contributed by atoms with Gasteiger partial charge >= 0.3 is 6.03 Å². The summed E-state index contributed by atoms with van der Waals surface area (Å²) in [6.45, 7) is 4.22. The average Bonchev–Trinajstić information content (AvgIpc) is 2.89. The maximum absolute atomic E-state index is 12.4. The van der Waals surface area contributed by atoms with Crippen molar-refractivity contribution in [3.05, 3.63) is 35.4 Å². The van der Waals surface area contributed by atoms with Crippen molar-refractivity contribution >= 4 is 17.8 Å². The van der Waals surface area contributed by atoms with Crippen LogP contribution in [0.25, 0.3) is 0 Å². The van der Waals surface area contributed by atoms with Crippen LogP contribution in [0.1, 0.15) is 29.3 Å². The van der Waals surface area contributed by atoms with Gasteiger partial charge in [-0.05, 0) is 43.1 Å². The Labute approximate surface area is 140 Å². The van der Waals surface area contributed by atoms with E-state index in [-0.39, 0.29) is 37.0 Å². The molecule has 2 heterocycles. The number of piperidine rings is 1. The molecule has 0 radical (unpaired) electrons. The smallest absolute Gasteiger partial charge is 0.324 e. The lowest BCUT2D eigenvalue weighted by Crippen LogP contribution is -2.48. The average molecular weight is 330 g/mol. The summed E-state index contributed by atoms with van der Waals surface area (Å²) in [6.07, 6.45) is 0.928. The first-order valence-corrected chi connectivity index (χ1v) is 8.23. The summed E-state index contributed by atoms with van der Waals surface area (Å²) in [4.78, 5) is 36.7. The Morgan fingerprint density at radius 2 is 2.04 bits per heavy atom. The fourth-order valence-corrected chi connectivity index (χ4v) is 3.04. The highest BCUT2D eigenvalue weighted by atomic mass is 16.2. The number of carbonyl (C=O) groups is 3. The van der Waals surface area contributed by atoms with Crippen LogP contribution in [0.3, 0.4) is 0 Å². The lowest BCUT2D eigenvalue weighted by atomic mass is 9.95. The summed E-state index contributed by atoms with van der Waals surface area (Å²) in [5.41, 5.74) is 1.40. The predicted octanol–water partition coefficient (Wildman–Crippen LogP) is 0.466. The van der Waals surface area contributed by atoms with Gasteiger partial charge in [-0.1, -0.05) is 19.1 Å². The van der Waals surface area contributed by atoms with Crippen molar-refractivity contribution in [3.63, 3.8) is 0 Å². The monoisotopic (exact) mass is 330 g/mol. The van der Waals surface area contributed by atoms with Crippen LogP contribution in [0, 0.1) is 5.92 Å². The van der Waals surface area contributed by atoms with Gasteiger partial charge in [0, 0.05) is 11.6 Å². The standard InChI is InChI=1S/C17H22N4O3/c1-11-8-18-7-6-14(11)20-16(23)13-4-2-12(3-5-13)10-21-15(22)9-19-17(21)24/h2-5,11,14,18H,6-10H2,1H3,(H,19,24)(H,20,23). The van der Waals surface area contributed by atoms with E-state index in [1.54, 1.807) is 24.3 Å². The largest absolute Gasteiger partial charge is 0.349 e. The predicted molar refractivity (Wildman–Crippen MR) is 88.3 cm³/mol. The second-order valence-corrected chi connectivity index (χ2v) is 6.39. The third-order valence-corrected chi connectivity index (χ3v) is 4.60. The number of hydrogen-bond donors (Lipinski definition) is 3. The molecule has 4 amide bonds. The molecule has 3 rings (SSSR count). The lowest BCUT2D eigenvalue weighted by molar-refractivity contribution is -0.125. The Kier molecular flexibility index (Phi) is 4.80. The van der Waals surface area contributed by atoms with Crippen molar-refractivity contribution in [1.29, 1.82) is 0 Å². The number of nitrogens with zero attached hydrogens (tertiary/aromatic N) is 1. The van der Waals surface area contributed by atoms with E-state index in [9.17, 15) is 14.4 Å². The Hall–Kier alpha value is -2.41. The highest BCUT2D eigenvalue weighted by Gasteiger charge is 2.28. The zero-order valence-electron chi connectivity index (χ0n) is 13.7. The van der Waals surface area contributed by atoms with Crippen molar-refractivity contribution in [3.8, 4) is 0 Å². The summed E-state index contributed by atoms with van der Waals surface area (Å²) in [5, 5.41) is 8.88. The molecule has 7 nitrogen and oxygen atoms in total. The van der Waals surface area contributed by atoms with Gasteiger partial charge in [0.1, 0.15) is 0 Å². The summed E-state index contributed by atoms with van der Waals surface area (Å²) in [6, 6.07) is 6.83. The van der Waals surface area contributed by atoms with E-state index in [2.05, 4.69) is 22.9 Å². The van der Waals surface area contributed by atoms with Crippen LogP contribution >= 0.6 is 0 Å². The summed E-state index contributed by atoms with van der Waals surface area (Å²) < 4.78 is 0. The van der Waals surface area contributed by atoms with Crippen LogP contribution in [0.4, 0.5) is 4.79 Å². The fourth-order valence-electron chi connectivity index (χ4n) is 3.04. The summed E-state index contributed by atoms with van der Waals surface area (Å²) in [5.74, 6) is 0.0821. The van der Waals surface area contributed by atoms with Crippen LogP contribution in [0.15, 0.2) is 24.3 Å². The van der Waals surface area contributed by atoms with Gasteiger partial charge in [0.05, 0.1) is 13.1 Å². The highest BCUT2D eigenvalue weighted by Crippen LogP contribution is 2.13. The Balaban J connectivity index is 1.60. The molecule has 1 aromatic carbocycles. The van der Waals surface area contributed by atoms with Crippen LogP contribution in [0.5, 0.6) is 0 Å². The van der Waals surface area contributed by atoms with E-state index < -0.39 is 0 Å². The number of urea groups is 1. The maximum atomic E-state index is 12.4. The van der Waals surface area contributed by atoms with Crippen molar-refractivity contribution < 1.29 is 14.4 Å². The summed E-state index contributed by atoms with van der Waals surface area (Å²) in [7, 11) is 0. The van der Waals surface area contributed by atoms with Gasteiger partial charge in [0.25, 0.3) is 5.91 Å². The molecule has 0 bridgehead atoms. The van der Waals surface area contributed by atoms with E-state index in [1.165, 1.54) is 4.90 Å². The van der Waals surface area contributed by atoms with Crippen LogP contribution in [-0.2, 0) is 11.3 Å². The van der Waals surface area contributed by atoms with Crippen molar-refractivity contribution in [2.45, 2.75) is 25.9 Å². The number of imide groups is 1. The molecule has 128 valence electrons. The van der Waals surface area contributed by atoms with Crippen molar-refractivity contribution in [2.24, 2.45) is 5.92 Å². The number of amides is 4. The SMILES string of the molecule is CC1CNCCC1NC(=O)c1ccc(CN2C(=O)CNC2=O)cc1. The van der Waals surface area contributed by atoms with Crippen LogP contribution < -0.4 is 16.0 Å². The molecular formula is C17H22N4O3. The second-order valence-electron chi connectivity index (χ2n) is 6.39. The Morgan fingerprint density at radius 3 is 2.67 bits per heavy atom. The van der Waals surface area contributed by atoms with Gasteiger partial charge < -0.3 is 16.0 Å². The number of hydrogen-bond acceptors (Lipinski definition) is 4. The van der Waals surface area contributed by atoms with Crippen molar-refractivity contribution in [1.82, 2.24) is 20.9 Å². The third-order valence-electron chi connectivity index (χ3n) is 4.60. The molecule has 2 unspecified atom stereocenters. The second kappa shape index (κ2) is 7.00. The molecule has 24 heavy (non-hydrogen) atoms. The van der Waals surface area contributed by atoms with Crippen LogP contribution in [0.2, 0.25) is 0 Å². The number of nitrogens with one attached hydrogen (secondary N) is 3. The zero-order valence-corrected chi connectivity index (χ0v) is 13.7. The minimum Gasteiger partial charge on any atom is -0.349 e. The van der Waals surface area contributed by atoms with Gasteiger partial charge in [-0.15, -0.1) is 0 Å². The van der Waals surface area contributed by atoms with Gasteiger partial charge in [0.15, 0.2) is 0 Å². The fraction of sp³-hybridized carbons (Fsp3) is 0.471. The van der Waals surface area contributed by atoms with E-state index in [4.69, 9.17) is 0 Å². The molecule has 2 aliphatic heterocycles. The lowest BCUT2D eigenvalue weighted by Gasteiger charge is -2.30. The molecule has 2 atom stereocenters. The molecule has 0 aromatic heterocycles. The molecule has 7 heteroatoms. The van der Waals surface area contributed by atoms with E-state index in [0.29, 0.717) is 11.5 Å². The normalized spacial score (nSPS) is 24.0. The quantitative estimate of drug-likeness (QED) is 0.700. The molecule has 2 fully saturated rings. The molecule has 0 spiro atoms. The van der Waals surface area contributed by atoms with Crippen LogP contribution in [-0.4, -0.2) is 48.4 Å². The van der Waals surface area contributed by atoms with Crippen molar-refractivity contribution in [2.75, 3.05) is 19.6 Å². The highest BCUT2D eigenvalue weighted by molar-refractivity contribution is 6.01. The van der Waals surface area contributed by atoms with Gasteiger partial charge in [0.2, 0.25) is 5.91 Å². The molecule has 2 saturated heterocycles. The van der Waals surface area contributed by atoms with Gasteiger partial charge in [-0.2, -0.15) is 0 Å². The number of carbonyl (C=O) groups excluding carboxylic acids is 3. The number of benzene rings is 1.